The zero-order valence-corrected chi connectivity index (χ0v) is 7.62. The molecule has 0 radical (unpaired) electrons. The van der Waals surface area contributed by atoms with Gasteiger partial charge in [0.25, 0.3) is 0 Å². The molecule has 0 bridgehead atoms. The molecule has 0 aromatic heterocycles. The molecule has 0 aliphatic carbocycles. The van der Waals surface area contributed by atoms with Crippen LogP contribution in [0.4, 0.5) is 0 Å². The minimum atomic E-state index is 0. The van der Waals surface area contributed by atoms with Gasteiger partial charge in [0.05, 0.1) is 0 Å². The third-order valence-electron chi connectivity index (χ3n) is 0.426. The molecule has 0 aromatic rings. The molecule has 0 unspecified atom stereocenters. The predicted octanol–water partition coefficient (Wildman–Crippen LogP) is -1.83. The normalized spacial score (nSPS) is 8.38. The van der Waals surface area contributed by atoms with Crippen LogP contribution >= 0.6 is 0 Å². The van der Waals surface area contributed by atoms with Crippen LogP contribution in [0.5, 0.6) is 0 Å². The van der Waals surface area contributed by atoms with E-state index >= 15 is 0 Å². The average Bonchev–Trinajstić information content (AvgIpc) is 1.30. The minimum absolute atomic E-state index is 0. The fourth-order valence-corrected chi connectivity index (χ4v) is 0.795. The van der Waals surface area contributed by atoms with Gasteiger partial charge in [-0.25, -0.2) is 0 Å². The van der Waals surface area contributed by atoms with Crippen molar-refractivity contribution < 1.29 is 18.9 Å². The molecule has 0 aliphatic rings. The first-order chi connectivity index (χ1) is 3.06. The van der Waals surface area contributed by atoms with Gasteiger partial charge in [0.15, 0.2) is 0 Å². The van der Waals surface area contributed by atoms with E-state index in [2.05, 4.69) is 47.5 Å². The molecule has 0 saturated carbocycles. The second-order valence-electron chi connectivity index (χ2n) is 2.48. The largest absolute Gasteiger partial charge is 1.00 e. The molecule has 0 heterocycles. The maximum atomic E-state index is 2.98. The van der Waals surface area contributed by atoms with Crippen LogP contribution in [0.3, 0.4) is 0 Å². The van der Waals surface area contributed by atoms with E-state index in [0.29, 0.717) is 0 Å². The van der Waals surface area contributed by atoms with Gasteiger partial charge >= 0.3 is 71.8 Å². The summed E-state index contributed by atoms with van der Waals surface area (Å²) in [4.78, 5) is 2.73. The Morgan fingerprint density at radius 2 is 1.62 bits per heavy atom. The molecular weight excluding hydrogens is 158 g/mol. The molecule has 8 heavy (non-hydrogen) atoms. The van der Waals surface area contributed by atoms with Crippen molar-refractivity contribution in [2.45, 2.75) is 20.8 Å². The third kappa shape index (κ3) is 9.84. The van der Waals surface area contributed by atoms with Crippen LogP contribution < -0.4 is 18.9 Å². The first-order valence-corrected chi connectivity index (χ1v) is 3.06. The van der Waals surface area contributed by atoms with Crippen LogP contribution in [0.1, 0.15) is 20.8 Å². The molecule has 0 aliphatic heterocycles. The molecule has 0 fully saturated rings. The summed E-state index contributed by atoms with van der Waals surface area (Å²) in [5, 5.41) is 0. The van der Waals surface area contributed by atoms with E-state index in [1.54, 1.807) is 0 Å². The molecule has 40 valence electrons. The molecule has 0 N–H and O–H groups in total. The first kappa shape index (κ1) is 11.5. The molecule has 0 rings (SSSR count). The molecule has 2 heteroatoms. The maximum Gasteiger partial charge on any atom is 1.00 e. The Kier molecular flexibility index (Phi) is 6.52. The van der Waals surface area contributed by atoms with Crippen LogP contribution in [0, 0.1) is 16.2 Å². The van der Waals surface area contributed by atoms with Crippen LogP contribution in [0.2, 0.25) is 0 Å². The molecule has 0 atom stereocenters. The van der Waals surface area contributed by atoms with E-state index in [4.69, 9.17) is 0 Å². The Balaban J connectivity index is 0. The van der Waals surface area contributed by atoms with Gasteiger partial charge in [-0.2, -0.15) is 0 Å². The summed E-state index contributed by atoms with van der Waals surface area (Å²) >= 11 is 2.64. The van der Waals surface area contributed by atoms with Gasteiger partial charge in [0.2, 0.25) is 0 Å². The second kappa shape index (κ2) is 4.55. The van der Waals surface area contributed by atoms with Gasteiger partial charge in [0.1, 0.15) is 0 Å². The van der Waals surface area contributed by atoms with Crippen molar-refractivity contribution in [2.75, 3.05) is 0 Å². The standard InChI is InChI=1S/C6H10Se.Li/c1-6(2,3)4-5-7;/h7H,1-3H3;/q;+1/p-1. The van der Waals surface area contributed by atoms with E-state index in [0.717, 1.165) is 0 Å². The van der Waals surface area contributed by atoms with Crippen molar-refractivity contribution in [3.63, 3.8) is 0 Å². The van der Waals surface area contributed by atoms with Crippen molar-refractivity contribution >= 4 is 16.0 Å². The van der Waals surface area contributed by atoms with Crippen molar-refractivity contribution in [1.82, 2.24) is 0 Å². The van der Waals surface area contributed by atoms with E-state index in [1.807, 2.05) is 0 Å². The van der Waals surface area contributed by atoms with Crippen molar-refractivity contribution in [3.8, 4) is 10.7 Å². The van der Waals surface area contributed by atoms with E-state index in [1.165, 1.54) is 0 Å². The quantitative estimate of drug-likeness (QED) is 0.294. The molecule has 0 spiro atoms. The predicted molar refractivity (Wildman–Crippen MR) is 33.0 cm³/mol. The molecule has 0 aromatic carbocycles. The van der Waals surface area contributed by atoms with Crippen molar-refractivity contribution in [2.24, 2.45) is 5.41 Å². The average molecular weight is 167 g/mol. The van der Waals surface area contributed by atoms with Gasteiger partial charge in [-0.1, -0.05) is 0 Å². The Bertz CT molecular complexity index is 102. The van der Waals surface area contributed by atoms with E-state index < -0.39 is 0 Å². The summed E-state index contributed by atoms with van der Waals surface area (Å²) in [5.74, 6) is 2.98. The van der Waals surface area contributed by atoms with Crippen molar-refractivity contribution in [1.29, 1.82) is 0 Å². The summed E-state index contributed by atoms with van der Waals surface area (Å²) in [6, 6.07) is 0. The molecule has 0 saturated heterocycles. The van der Waals surface area contributed by atoms with Crippen LogP contribution in [-0.2, 0) is 0 Å². The molecule has 0 amide bonds. The van der Waals surface area contributed by atoms with Gasteiger partial charge in [-0.3, -0.25) is 0 Å². The van der Waals surface area contributed by atoms with Gasteiger partial charge < -0.3 is 0 Å². The van der Waals surface area contributed by atoms with Gasteiger partial charge in [0, 0.05) is 0 Å². The summed E-state index contributed by atoms with van der Waals surface area (Å²) in [6.45, 7) is 6.24. The Labute approximate surface area is 71.8 Å². The zero-order valence-electron chi connectivity index (χ0n) is 5.91. The summed E-state index contributed by atoms with van der Waals surface area (Å²) in [5.41, 5.74) is 0.158. The van der Waals surface area contributed by atoms with Crippen LogP contribution in [-0.4, -0.2) is 16.0 Å². The smallest absolute Gasteiger partial charge is 1.00 e. The Morgan fingerprint density at radius 3 is 1.62 bits per heavy atom. The molecular formula is C6H9LiSe. The Morgan fingerprint density at radius 1 is 1.25 bits per heavy atom. The second-order valence-corrected chi connectivity index (χ2v) is 2.91. The SMILES string of the molecule is CC(C)(C)C#C[Se-].[Li+]. The van der Waals surface area contributed by atoms with Gasteiger partial charge in [-0.05, 0) is 0 Å². The van der Waals surface area contributed by atoms with E-state index in [9.17, 15) is 0 Å². The topological polar surface area (TPSA) is 0 Å². The summed E-state index contributed by atoms with van der Waals surface area (Å²) in [6.07, 6.45) is 0. The summed E-state index contributed by atoms with van der Waals surface area (Å²) < 4.78 is 0. The maximum absolute atomic E-state index is 2.98. The van der Waals surface area contributed by atoms with Crippen molar-refractivity contribution in [3.05, 3.63) is 0 Å². The first-order valence-electron chi connectivity index (χ1n) is 2.20. The Hall–Kier alpha value is 0.677. The zero-order chi connectivity index (χ0) is 5.91. The monoisotopic (exact) mass is 168 g/mol. The fourth-order valence-electron chi connectivity index (χ4n) is 0.153. The van der Waals surface area contributed by atoms with Crippen LogP contribution in [0.15, 0.2) is 0 Å². The number of hydrogen-bond acceptors (Lipinski definition) is 0. The summed E-state index contributed by atoms with van der Waals surface area (Å²) in [7, 11) is 0. The van der Waals surface area contributed by atoms with Crippen LogP contribution in [0.25, 0.3) is 0 Å². The fraction of sp³-hybridized carbons (Fsp3) is 0.667. The number of hydrogen-bond donors (Lipinski definition) is 0. The number of rotatable bonds is 0. The van der Waals surface area contributed by atoms with Gasteiger partial charge in [-0.15, -0.1) is 0 Å². The molecule has 0 nitrogen and oxygen atoms in total. The third-order valence-corrected chi connectivity index (χ3v) is 0.640. The van der Waals surface area contributed by atoms with E-state index in [-0.39, 0.29) is 24.3 Å². The minimum Gasteiger partial charge on any atom is 1.00 e.